The lowest BCUT2D eigenvalue weighted by molar-refractivity contribution is 0.0600. The Morgan fingerprint density at radius 1 is 0.933 bits per heavy atom. The number of esters is 1. The van der Waals surface area contributed by atoms with Crippen molar-refractivity contribution in [2.45, 2.75) is 25.8 Å². The number of hydrogen-bond donors (Lipinski definition) is 0. The topological polar surface area (TPSA) is 38.8 Å². The fraction of sp³-hybridized carbons (Fsp3) is 0.269. The van der Waals surface area contributed by atoms with Gasteiger partial charge >= 0.3 is 5.97 Å². The lowest BCUT2D eigenvalue weighted by Crippen LogP contribution is -2.21. The number of fused-ring (bicyclic) bond motifs is 1. The molecule has 30 heavy (non-hydrogen) atoms. The first-order valence-electron chi connectivity index (χ1n) is 10.3. The van der Waals surface area contributed by atoms with Gasteiger partial charge in [-0.25, -0.2) is 4.79 Å². The number of hydrogen-bond acceptors (Lipinski definition) is 4. The van der Waals surface area contributed by atoms with Crippen molar-refractivity contribution < 1.29 is 14.3 Å². The Bertz CT molecular complexity index is 1030. The molecule has 1 heterocycles. The van der Waals surface area contributed by atoms with Crippen molar-refractivity contribution in [1.29, 1.82) is 0 Å². The van der Waals surface area contributed by atoms with Crippen molar-refractivity contribution in [3.63, 3.8) is 0 Å². The predicted molar refractivity (Wildman–Crippen MR) is 119 cm³/mol. The molecule has 0 bridgehead atoms. The molecule has 154 valence electrons. The van der Waals surface area contributed by atoms with Gasteiger partial charge in [0, 0.05) is 18.8 Å². The molecule has 4 rings (SSSR count). The Kier molecular flexibility index (Phi) is 6.03. The Hall–Kier alpha value is -3.27. The quantitative estimate of drug-likeness (QED) is 0.532. The summed E-state index contributed by atoms with van der Waals surface area (Å²) in [7, 11) is 3.11. The summed E-state index contributed by atoms with van der Waals surface area (Å²) in [6.45, 7) is 1.92. The third kappa shape index (κ3) is 4.33. The van der Waals surface area contributed by atoms with Gasteiger partial charge in [-0.15, -0.1) is 0 Å². The van der Waals surface area contributed by atoms with Gasteiger partial charge in [-0.2, -0.15) is 0 Å². The lowest BCUT2D eigenvalue weighted by atomic mass is 9.99. The fourth-order valence-electron chi connectivity index (χ4n) is 4.18. The number of aryl methyl sites for hydroxylation is 2. The summed E-state index contributed by atoms with van der Waals surface area (Å²) in [6.07, 6.45) is 2.99. The minimum Gasteiger partial charge on any atom is -0.497 e. The van der Waals surface area contributed by atoms with Crippen LogP contribution < -0.4 is 9.64 Å². The van der Waals surface area contributed by atoms with Crippen molar-refractivity contribution in [3.05, 3.63) is 94.5 Å². The SMILES string of the molecule is COC(=O)c1ccc(CCc2cccc3c2N(Cc2cccc(OC)c2)CC3)cc1. The van der Waals surface area contributed by atoms with E-state index in [1.54, 1.807) is 7.11 Å². The highest BCUT2D eigenvalue weighted by Crippen LogP contribution is 2.34. The summed E-state index contributed by atoms with van der Waals surface area (Å²) < 4.78 is 10.2. The van der Waals surface area contributed by atoms with Crippen LogP contribution in [0.15, 0.2) is 66.7 Å². The molecule has 1 aliphatic heterocycles. The zero-order chi connectivity index (χ0) is 20.9. The van der Waals surface area contributed by atoms with Crippen LogP contribution in [0.4, 0.5) is 5.69 Å². The van der Waals surface area contributed by atoms with Crippen LogP contribution in [-0.4, -0.2) is 26.7 Å². The van der Waals surface area contributed by atoms with Crippen LogP contribution in [0.2, 0.25) is 0 Å². The predicted octanol–water partition coefficient (Wildman–Crippen LogP) is 4.83. The molecule has 0 saturated carbocycles. The number of para-hydroxylation sites is 1. The summed E-state index contributed by atoms with van der Waals surface area (Å²) in [5, 5.41) is 0. The Morgan fingerprint density at radius 3 is 2.50 bits per heavy atom. The maximum absolute atomic E-state index is 11.6. The first-order valence-corrected chi connectivity index (χ1v) is 10.3. The monoisotopic (exact) mass is 401 g/mol. The smallest absolute Gasteiger partial charge is 0.337 e. The number of carbonyl (C=O) groups excluding carboxylic acids is 1. The van der Waals surface area contributed by atoms with Crippen LogP contribution in [0, 0.1) is 0 Å². The third-order valence-corrected chi connectivity index (χ3v) is 5.74. The molecule has 3 aromatic rings. The van der Waals surface area contributed by atoms with Gasteiger partial charge in [0.2, 0.25) is 0 Å². The average molecular weight is 402 g/mol. The van der Waals surface area contributed by atoms with Gasteiger partial charge in [0.15, 0.2) is 0 Å². The second-order valence-corrected chi connectivity index (χ2v) is 7.64. The van der Waals surface area contributed by atoms with Crippen molar-refractivity contribution in [2.24, 2.45) is 0 Å². The minimum absolute atomic E-state index is 0.296. The molecule has 0 radical (unpaired) electrons. The number of nitrogens with zero attached hydrogens (tertiary/aromatic N) is 1. The van der Waals surface area contributed by atoms with E-state index in [1.165, 1.54) is 35.1 Å². The first-order chi connectivity index (χ1) is 14.7. The van der Waals surface area contributed by atoms with Crippen LogP contribution in [0.5, 0.6) is 5.75 Å². The van der Waals surface area contributed by atoms with Crippen molar-refractivity contribution in [3.8, 4) is 5.75 Å². The third-order valence-electron chi connectivity index (χ3n) is 5.74. The van der Waals surface area contributed by atoms with Crippen LogP contribution in [0.25, 0.3) is 0 Å². The van der Waals surface area contributed by atoms with Gasteiger partial charge in [-0.1, -0.05) is 42.5 Å². The van der Waals surface area contributed by atoms with Crippen LogP contribution in [0.3, 0.4) is 0 Å². The normalized spacial score (nSPS) is 12.5. The number of ether oxygens (including phenoxy) is 2. The molecule has 0 aromatic heterocycles. The van der Waals surface area contributed by atoms with Gasteiger partial charge in [0.05, 0.1) is 19.8 Å². The van der Waals surface area contributed by atoms with E-state index in [0.717, 1.165) is 38.1 Å². The van der Waals surface area contributed by atoms with E-state index in [1.807, 2.05) is 30.3 Å². The molecule has 0 unspecified atom stereocenters. The summed E-state index contributed by atoms with van der Waals surface area (Å²) >= 11 is 0. The highest BCUT2D eigenvalue weighted by atomic mass is 16.5. The van der Waals surface area contributed by atoms with Gasteiger partial charge in [-0.05, 0) is 65.8 Å². The van der Waals surface area contributed by atoms with Gasteiger partial charge in [-0.3, -0.25) is 0 Å². The molecular formula is C26H27NO3. The maximum Gasteiger partial charge on any atom is 0.337 e. The number of carbonyl (C=O) groups is 1. The molecule has 0 aliphatic carbocycles. The maximum atomic E-state index is 11.6. The number of rotatable bonds is 7. The fourth-order valence-corrected chi connectivity index (χ4v) is 4.18. The lowest BCUT2D eigenvalue weighted by Gasteiger charge is -2.23. The van der Waals surface area contributed by atoms with Crippen molar-refractivity contribution in [2.75, 3.05) is 25.7 Å². The molecule has 0 atom stereocenters. The Balaban J connectivity index is 1.49. The number of anilines is 1. The van der Waals surface area contributed by atoms with E-state index >= 15 is 0 Å². The van der Waals surface area contributed by atoms with Crippen molar-refractivity contribution in [1.82, 2.24) is 0 Å². The standard InChI is InChI=1S/C26H27NO3/c1-29-24-8-3-5-20(17-24)18-27-16-15-22-7-4-6-21(25(22)27)12-9-19-10-13-23(14-11-19)26(28)30-2/h3-8,10-11,13-14,17H,9,12,15-16,18H2,1-2H3. The molecule has 1 aliphatic rings. The van der Waals surface area contributed by atoms with Gasteiger partial charge < -0.3 is 14.4 Å². The van der Waals surface area contributed by atoms with Crippen LogP contribution in [-0.2, 0) is 30.5 Å². The zero-order valence-corrected chi connectivity index (χ0v) is 17.6. The first kappa shape index (κ1) is 20.0. The summed E-state index contributed by atoms with van der Waals surface area (Å²) in [6, 6.07) is 22.7. The molecular weight excluding hydrogens is 374 g/mol. The molecule has 4 nitrogen and oxygen atoms in total. The van der Waals surface area contributed by atoms with E-state index in [2.05, 4.69) is 41.3 Å². The Morgan fingerprint density at radius 2 is 1.73 bits per heavy atom. The molecule has 3 aromatic carbocycles. The number of methoxy groups -OCH3 is 2. The molecule has 0 amide bonds. The second-order valence-electron chi connectivity index (χ2n) is 7.64. The van der Waals surface area contributed by atoms with Crippen LogP contribution >= 0.6 is 0 Å². The summed E-state index contributed by atoms with van der Waals surface area (Å²) in [5.74, 6) is 0.603. The van der Waals surface area contributed by atoms with Crippen LogP contribution in [0.1, 0.15) is 32.6 Å². The largest absolute Gasteiger partial charge is 0.497 e. The van der Waals surface area contributed by atoms with E-state index in [-0.39, 0.29) is 5.97 Å². The van der Waals surface area contributed by atoms with Gasteiger partial charge in [0.1, 0.15) is 5.75 Å². The molecule has 0 spiro atoms. The van der Waals surface area contributed by atoms with Crippen molar-refractivity contribution >= 4 is 11.7 Å². The summed E-state index contributed by atoms with van der Waals surface area (Å²) in [5.41, 5.74) is 7.26. The van der Waals surface area contributed by atoms with E-state index in [9.17, 15) is 4.79 Å². The molecule has 0 fully saturated rings. The average Bonchev–Trinajstić information content (AvgIpc) is 3.21. The summed E-state index contributed by atoms with van der Waals surface area (Å²) in [4.78, 5) is 14.1. The van der Waals surface area contributed by atoms with E-state index < -0.39 is 0 Å². The minimum atomic E-state index is -0.296. The molecule has 0 N–H and O–H groups in total. The molecule has 0 saturated heterocycles. The number of benzene rings is 3. The second kappa shape index (κ2) is 9.04. The zero-order valence-electron chi connectivity index (χ0n) is 17.6. The Labute approximate surface area is 178 Å². The highest BCUT2D eigenvalue weighted by Gasteiger charge is 2.22. The van der Waals surface area contributed by atoms with E-state index in [0.29, 0.717) is 5.56 Å². The van der Waals surface area contributed by atoms with Gasteiger partial charge in [0.25, 0.3) is 0 Å². The van der Waals surface area contributed by atoms with E-state index in [4.69, 9.17) is 9.47 Å². The molecule has 4 heteroatoms. The highest BCUT2D eigenvalue weighted by molar-refractivity contribution is 5.89.